The number of pyridine rings is 1. The van der Waals surface area contributed by atoms with E-state index in [0.717, 1.165) is 35.6 Å². The zero-order valence-corrected chi connectivity index (χ0v) is 23.7. The van der Waals surface area contributed by atoms with Gasteiger partial charge >= 0.3 is 5.97 Å². The molecule has 3 aromatic heterocycles. The number of carboxylic acid groups (broad SMARTS) is 1. The van der Waals surface area contributed by atoms with Crippen molar-refractivity contribution in [1.82, 2.24) is 24.7 Å². The number of alkyl halides is 1. The Morgan fingerprint density at radius 2 is 1.82 bits per heavy atom. The molecule has 1 fully saturated rings. The van der Waals surface area contributed by atoms with Gasteiger partial charge in [0.05, 0.1) is 30.6 Å². The number of hydrogen-bond donors (Lipinski definition) is 1. The number of carbonyl (C=O) groups is 1. The van der Waals surface area contributed by atoms with Gasteiger partial charge in [0.15, 0.2) is 16.6 Å². The molecular weight excluding hydrogens is 609 g/mol. The smallest absolute Gasteiger partial charge is 0.335 e. The molecule has 1 saturated carbocycles. The zero-order chi connectivity index (χ0) is 31.2. The Bertz CT molecular complexity index is 1910. The van der Waals surface area contributed by atoms with Crippen molar-refractivity contribution < 1.29 is 41.3 Å². The molecule has 1 aliphatic rings. The van der Waals surface area contributed by atoms with Crippen LogP contribution >= 0.6 is 11.3 Å². The van der Waals surface area contributed by atoms with Crippen LogP contribution in [0, 0.1) is 28.7 Å². The van der Waals surface area contributed by atoms with Crippen LogP contribution in [0.5, 0.6) is 11.1 Å². The fourth-order valence-electron chi connectivity index (χ4n) is 4.78. The van der Waals surface area contributed by atoms with Gasteiger partial charge in [-0.05, 0) is 54.8 Å². The molecule has 5 aromatic rings. The number of hydrogen-bond acceptors (Lipinski definition) is 8. The molecule has 0 amide bonds. The lowest BCUT2D eigenvalue weighted by Gasteiger charge is -2.16. The van der Waals surface area contributed by atoms with E-state index >= 15 is 8.78 Å². The molecule has 15 heteroatoms. The van der Waals surface area contributed by atoms with Crippen molar-refractivity contribution in [1.29, 1.82) is 0 Å². The maximum Gasteiger partial charge on any atom is 0.335 e. The topological polar surface area (TPSA) is 112 Å². The summed E-state index contributed by atoms with van der Waals surface area (Å²) in [4.78, 5) is 19.8. The Labute approximate surface area is 249 Å². The molecule has 1 N–H and O–H groups in total. The highest BCUT2D eigenvalue weighted by atomic mass is 32.1. The van der Waals surface area contributed by atoms with Crippen LogP contribution in [0.25, 0.3) is 22.3 Å². The number of halogens is 5. The summed E-state index contributed by atoms with van der Waals surface area (Å²) in [6.45, 7) is -0.786. The lowest BCUT2D eigenvalue weighted by atomic mass is 10.0. The number of aromatic nitrogens is 5. The SMILES string of the molecule is COc1nnc(COc2nc(-c3cc(F)c(Cc4nc5c(F)cc(C(=O)O)cc5n4CC4(CF)CC4)cc3F)ccc2F)s1. The molecule has 0 atom stereocenters. The molecule has 1 aliphatic carbocycles. The van der Waals surface area contributed by atoms with E-state index in [-0.39, 0.29) is 64.0 Å². The molecule has 0 spiro atoms. The Balaban J connectivity index is 1.32. The summed E-state index contributed by atoms with van der Waals surface area (Å²) < 4.78 is 85.8. The minimum absolute atomic E-state index is 0.0616. The predicted molar refractivity (Wildman–Crippen MR) is 147 cm³/mol. The van der Waals surface area contributed by atoms with Crippen molar-refractivity contribution in [3.05, 3.63) is 81.6 Å². The molecule has 6 rings (SSSR count). The third kappa shape index (κ3) is 5.66. The maximum atomic E-state index is 15.5. The predicted octanol–water partition coefficient (Wildman–Crippen LogP) is 6.13. The van der Waals surface area contributed by atoms with E-state index in [4.69, 9.17) is 9.47 Å². The highest BCUT2D eigenvalue weighted by molar-refractivity contribution is 7.13. The first-order chi connectivity index (χ1) is 21.1. The highest BCUT2D eigenvalue weighted by Gasteiger charge is 2.44. The van der Waals surface area contributed by atoms with Crippen LogP contribution in [-0.4, -0.2) is 49.6 Å². The van der Waals surface area contributed by atoms with E-state index in [9.17, 15) is 23.1 Å². The average Bonchev–Trinajstić information content (AvgIpc) is 3.48. The van der Waals surface area contributed by atoms with Crippen molar-refractivity contribution in [2.24, 2.45) is 5.41 Å². The second-order valence-electron chi connectivity index (χ2n) is 10.4. The summed E-state index contributed by atoms with van der Waals surface area (Å²) in [7, 11) is 1.41. The molecule has 0 radical (unpaired) electrons. The van der Waals surface area contributed by atoms with Crippen LogP contribution in [0.15, 0.2) is 36.4 Å². The number of benzene rings is 2. The summed E-state index contributed by atoms with van der Waals surface area (Å²) >= 11 is 1.08. The van der Waals surface area contributed by atoms with Gasteiger partial charge in [-0.2, -0.15) is 0 Å². The third-order valence-corrected chi connectivity index (χ3v) is 8.26. The Morgan fingerprint density at radius 3 is 2.50 bits per heavy atom. The van der Waals surface area contributed by atoms with Gasteiger partial charge in [0, 0.05) is 23.9 Å². The quantitative estimate of drug-likeness (QED) is 0.173. The minimum atomic E-state index is -1.36. The van der Waals surface area contributed by atoms with Gasteiger partial charge < -0.3 is 19.1 Å². The molecule has 2 aromatic carbocycles. The van der Waals surface area contributed by atoms with Gasteiger partial charge in [-0.25, -0.2) is 32.3 Å². The minimum Gasteiger partial charge on any atom is -0.478 e. The number of carboxylic acids is 1. The molecular formula is C29H22F5N5O4S. The van der Waals surface area contributed by atoms with Gasteiger partial charge in [0.25, 0.3) is 11.1 Å². The van der Waals surface area contributed by atoms with Crippen molar-refractivity contribution in [2.45, 2.75) is 32.4 Å². The average molecular weight is 632 g/mol. The number of imidazole rings is 1. The van der Waals surface area contributed by atoms with Gasteiger partial charge in [-0.15, -0.1) is 5.10 Å². The molecule has 9 nitrogen and oxygen atoms in total. The maximum absolute atomic E-state index is 15.5. The molecule has 0 saturated heterocycles. The number of rotatable bonds is 11. The first-order valence-electron chi connectivity index (χ1n) is 13.2. The fourth-order valence-corrected chi connectivity index (χ4v) is 5.35. The van der Waals surface area contributed by atoms with E-state index < -0.39 is 47.2 Å². The van der Waals surface area contributed by atoms with Gasteiger partial charge in [0.2, 0.25) is 0 Å². The summed E-state index contributed by atoms with van der Waals surface area (Å²) in [5, 5.41) is 17.6. The van der Waals surface area contributed by atoms with E-state index in [1.54, 1.807) is 0 Å². The molecule has 0 unspecified atom stereocenters. The number of nitrogens with zero attached hydrogens (tertiary/aromatic N) is 5. The van der Waals surface area contributed by atoms with Gasteiger partial charge in [-0.3, -0.25) is 4.39 Å². The zero-order valence-electron chi connectivity index (χ0n) is 22.9. The summed E-state index contributed by atoms with van der Waals surface area (Å²) in [5.41, 5.74) is -1.61. The Hall–Kier alpha value is -4.66. The van der Waals surface area contributed by atoms with Crippen molar-refractivity contribution in [2.75, 3.05) is 13.8 Å². The highest BCUT2D eigenvalue weighted by Crippen LogP contribution is 2.48. The van der Waals surface area contributed by atoms with Crippen LogP contribution in [-0.2, 0) is 19.6 Å². The lowest BCUT2D eigenvalue weighted by Crippen LogP contribution is -2.16. The van der Waals surface area contributed by atoms with Crippen LogP contribution in [0.1, 0.15) is 39.6 Å². The molecule has 44 heavy (non-hydrogen) atoms. The largest absolute Gasteiger partial charge is 0.478 e. The van der Waals surface area contributed by atoms with Crippen molar-refractivity contribution in [3.8, 4) is 22.3 Å². The molecule has 0 aliphatic heterocycles. The molecule has 0 bridgehead atoms. The summed E-state index contributed by atoms with van der Waals surface area (Å²) in [5.74, 6) is -5.19. The van der Waals surface area contributed by atoms with Gasteiger partial charge in [-0.1, -0.05) is 16.4 Å². The van der Waals surface area contributed by atoms with E-state index in [1.165, 1.54) is 23.8 Å². The summed E-state index contributed by atoms with van der Waals surface area (Å²) in [6.07, 6.45) is 0.817. The lowest BCUT2D eigenvalue weighted by molar-refractivity contribution is 0.0696. The summed E-state index contributed by atoms with van der Waals surface area (Å²) in [6, 6.07) is 6.04. The van der Waals surface area contributed by atoms with Crippen LogP contribution in [0.3, 0.4) is 0 Å². The second-order valence-corrected chi connectivity index (χ2v) is 11.4. The molecule has 3 heterocycles. The standard InChI is InChI=1S/C29H22F5N5O4S/c1-42-28-38-37-24(44-28)11-43-26-17(31)2-3-21(35-26)16-10-18(32)14(6-19(16)33)9-23-36-25-20(34)7-15(27(40)41)8-22(25)39(23)13-29(12-30)4-5-29/h2-3,6-8,10H,4-5,9,11-13H2,1H3,(H,40,41). The molecule has 228 valence electrons. The van der Waals surface area contributed by atoms with Crippen LogP contribution < -0.4 is 9.47 Å². The normalized spacial score (nSPS) is 13.8. The Morgan fingerprint density at radius 1 is 1.02 bits per heavy atom. The number of fused-ring (bicyclic) bond motifs is 1. The van der Waals surface area contributed by atoms with E-state index in [0.29, 0.717) is 17.8 Å². The van der Waals surface area contributed by atoms with Crippen molar-refractivity contribution in [3.63, 3.8) is 0 Å². The monoisotopic (exact) mass is 631 g/mol. The first kappa shape index (κ1) is 29.4. The first-order valence-corrected chi connectivity index (χ1v) is 14.0. The number of ether oxygens (including phenoxy) is 2. The number of aromatic carboxylic acids is 1. The Kier molecular flexibility index (Phi) is 7.65. The number of methoxy groups -OCH3 is 1. The van der Waals surface area contributed by atoms with Crippen molar-refractivity contribution >= 4 is 28.3 Å². The van der Waals surface area contributed by atoms with Crippen LogP contribution in [0.2, 0.25) is 0 Å². The third-order valence-electron chi connectivity index (χ3n) is 7.40. The second kappa shape index (κ2) is 11.4. The van der Waals surface area contributed by atoms with E-state index in [1.807, 2.05) is 0 Å². The fraction of sp³-hybridized carbons (Fsp3) is 0.276. The van der Waals surface area contributed by atoms with Gasteiger partial charge in [0.1, 0.15) is 29.6 Å². The van der Waals surface area contributed by atoms with Crippen LogP contribution in [0.4, 0.5) is 22.0 Å². The van der Waals surface area contributed by atoms with E-state index in [2.05, 4.69) is 20.2 Å².